The summed E-state index contributed by atoms with van der Waals surface area (Å²) in [5.41, 5.74) is 1.91. The molecule has 0 aliphatic heterocycles. The van der Waals surface area contributed by atoms with Crippen molar-refractivity contribution in [2.24, 2.45) is 5.92 Å². The molecule has 1 aromatic heterocycles. The molecule has 1 aromatic carbocycles. The number of ether oxygens (including phenoxy) is 1. The molecule has 0 aliphatic carbocycles. The molecule has 0 unspecified atom stereocenters. The van der Waals surface area contributed by atoms with E-state index in [0.717, 1.165) is 23.6 Å². The number of rotatable bonds is 4. The Kier molecular flexibility index (Phi) is 3.42. The molecule has 0 amide bonds. The normalized spacial score (nSPS) is 10.8. The quantitative estimate of drug-likeness (QED) is 0.812. The van der Waals surface area contributed by atoms with E-state index in [-0.39, 0.29) is 0 Å². The Morgan fingerprint density at radius 1 is 1.35 bits per heavy atom. The summed E-state index contributed by atoms with van der Waals surface area (Å²) >= 11 is 0. The number of benzene rings is 1. The molecule has 2 aromatic rings. The summed E-state index contributed by atoms with van der Waals surface area (Å²) < 4.78 is 7.07. The molecule has 0 aliphatic rings. The van der Waals surface area contributed by atoms with Crippen LogP contribution in [0.2, 0.25) is 0 Å². The molecule has 0 saturated heterocycles. The average Bonchev–Trinajstić information content (AvgIpc) is 2.77. The van der Waals surface area contributed by atoms with Crippen molar-refractivity contribution in [1.29, 1.82) is 0 Å². The van der Waals surface area contributed by atoms with E-state index in [1.807, 2.05) is 35.1 Å². The predicted molar refractivity (Wildman–Crippen MR) is 66.8 cm³/mol. The van der Waals surface area contributed by atoms with Crippen molar-refractivity contribution in [3.63, 3.8) is 0 Å². The van der Waals surface area contributed by atoms with E-state index < -0.39 is 0 Å². The largest absolute Gasteiger partial charge is 0.497 e. The third-order valence-corrected chi connectivity index (χ3v) is 2.46. The van der Waals surface area contributed by atoms with Gasteiger partial charge < -0.3 is 4.74 Å². The lowest BCUT2D eigenvalue weighted by Gasteiger charge is -2.02. The highest BCUT2D eigenvalue weighted by Crippen LogP contribution is 2.21. The number of hydrogen-bond donors (Lipinski definition) is 0. The van der Waals surface area contributed by atoms with Gasteiger partial charge in [0.2, 0.25) is 0 Å². The minimum absolute atomic E-state index is 0.565. The highest BCUT2D eigenvalue weighted by atomic mass is 16.5. The molecule has 2 rings (SSSR count). The number of methoxy groups -OCH3 is 1. The molecular formula is C13H17N3O. The summed E-state index contributed by atoms with van der Waals surface area (Å²) in [4.78, 5) is 0. The van der Waals surface area contributed by atoms with Crippen molar-refractivity contribution >= 4 is 0 Å². The van der Waals surface area contributed by atoms with Crippen LogP contribution in [-0.2, 0) is 6.54 Å². The molecule has 0 fully saturated rings. The predicted octanol–water partition coefficient (Wildman–Crippen LogP) is 2.61. The molecule has 17 heavy (non-hydrogen) atoms. The Morgan fingerprint density at radius 3 is 2.88 bits per heavy atom. The minimum atomic E-state index is 0.565. The smallest absolute Gasteiger partial charge is 0.119 e. The summed E-state index contributed by atoms with van der Waals surface area (Å²) in [6.45, 7) is 5.21. The summed E-state index contributed by atoms with van der Waals surface area (Å²) in [6.07, 6.45) is 1.97. The number of aromatic nitrogens is 3. The third-order valence-electron chi connectivity index (χ3n) is 2.46. The highest BCUT2D eigenvalue weighted by molar-refractivity contribution is 5.59. The van der Waals surface area contributed by atoms with E-state index in [2.05, 4.69) is 24.2 Å². The first-order chi connectivity index (χ1) is 8.19. The van der Waals surface area contributed by atoms with Gasteiger partial charge in [0.05, 0.1) is 13.3 Å². The zero-order valence-electron chi connectivity index (χ0n) is 10.4. The first-order valence-corrected chi connectivity index (χ1v) is 5.73. The topological polar surface area (TPSA) is 39.9 Å². The molecule has 0 N–H and O–H groups in total. The molecule has 0 bridgehead atoms. The van der Waals surface area contributed by atoms with Crippen molar-refractivity contribution in [3.05, 3.63) is 30.5 Å². The Balaban J connectivity index is 2.24. The van der Waals surface area contributed by atoms with Gasteiger partial charge in [-0.3, -0.25) is 4.68 Å². The Labute approximate surface area is 101 Å². The van der Waals surface area contributed by atoms with Crippen LogP contribution in [0.15, 0.2) is 30.5 Å². The maximum Gasteiger partial charge on any atom is 0.119 e. The van der Waals surface area contributed by atoms with Gasteiger partial charge in [0.15, 0.2) is 0 Å². The van der Waals surface area contributed by atoms with Gasteiger partial charge >= 0.3 is 0 Å². The van der Waals surface area contributed by atoms with Crippen LogP contribution in [0.25, 0.3) is 11.3 Å². The molecule has 0 atom stereocenters. The van der Waals surface area contributed by atoms with Gasteiger partial charge in [0.1, 0.15) is 11.4 Å². The van der Waals surface area contributed by atoms with Gasteiger partial charge in [-0.2, -0.15) is 0 Å². The van der Waals surface area contributed by atoms with E-state index in [4.69, 9.17) is 4.74 Å². The maximum absolute atomic E-state index is 5.19. The van der Waals surface area contributed by atoms with Crippen LogP contribution in [0.1, 0.15) is 13.8 Å². The Hall–Kier alpha value is -1.84. The van der Waals surface area contributed by atoms with Crippen molar-refractivity contribution in [1.82, 2.24) is 15.0 Å². The van der Waals surface area contributed by atoms with Gasteiger partial charge in [-0.05, 0) is 18.1 Å². The maximum atomic E-state index is 5.19. The van der Waals surface area contributed by atoms with Gasteiger partial charge in [-0.15, -0.1) is 5.10 Å². The van der Waals surface area contributed by atoms with E-state index >= 15 is 0 Å². The fourth-order valence-corrected chi connectivity index (χ4v) is 1.68. The van der Waals surface area contributed by atoms with Crippen molar-refractivity contribution in [3.8, 4) is 17.0 Å². The van der Waals surface area contributed by atoms with Gasteiger partial charge in [0, 0.05) is 12.1 Å². The van der Waals surface area contributed by atoms with E-state index in [0.29, 0.717) is 5.92 Å². The first-order valence-electron chi connectivity index (χ1n) is 5.73. The van der Waals surface area contributed by atoms with E-state index in [1.165, 1.54) is 0 Å². The van der Waals surface area contributed by atoms with Crippen LogP contribution < -0.4 is 4.74 Å². The second-order valence-corrected chi connectivity index (χ2v) is 4.45. The average molecular weight is 231 g/mol. The minimum Gasteiger partial charge on any atom is -0.497 e. The van der Waals surface area contributed by atoms with E-state index in [1.54, 1.807) is 7.11 Å². The lowest BCUT2D eigenvalue weighted by Crippen LogP contribution is -2.04. The zero-order chi connectivity index (χ0) is 12.3. The van der Waals surface area contributed by atoms with Crippen LogP contribution in [-0.4, -0.2) is 22.1 Å². The Bertz CT molecular complexity index is 491. The lowest BCUT2D eigenvalue weighted by atomic mass is 10.1. The van der Waals surface area contributed by atoms with Crippen LogP contribution in [0.5, 0.6) is 5.75 Å². The molecular weight excluding hydrogens is 214 g/mol. The summed E-state index contributed by atoms with van der Waals surface area (Å²) in [7, 11) is 1.66. The van der Waals surface area contributed by atoms with E-state index in [9.17, 15) is 0 Å². The molecule has 90 valence electrons. The van der Waals surface area contributed by atoms with Gasteiger partial charge in [-0.1, -0.05) is 31.2 Å². The lowest BCUT2D eigenvalue weighted by molar-refractivity contribution is 0.415. The van der Waals surface area contributed by atoms with Crippen LogP contribution in [0.4, 0.5) is 0 Å². The van der Waals surface area contributed by atoms with Gasteiger partial charge in [-0.25, -0.2) is 0 Å². The molecule has 0 saturated carbocycles. The summed E-state index contributed by atoms with van der Waals surface area (Å²) in [5, 5.41) is 8.29. The molecule has 4 nitrogen and oxygen atoms in total. The van der Waals surface area contributed by atoms with Crippen LogP contribution in [0.3, 0.4) is 0 Å². The summed E-state index contributed by atoms with van der Waals surface area (Å²) in [5.74, 6) is 1.40. The molecule has 0 spiro atoms. The second kappa shape index (κ2) is 4.99. The fourth-order valence-electron chi connectivity index (χ4n) is 1.68. The van der Waals surface area contributed by atoms with Crippen LogP contribution >= 0.6 is 0 Å². The van der Waals surface area contributed by atoms with Crippen molar-refractivity contribution in [2.45, 2.75) is 20.4 Å². The highest BCUT2D eigenvalue weighted by Gasteiger charge is 2.05. The standard InChI is InChI=1S/C13H17N3O/c1-10(2)8-16-9-13(14-15-16)11-5-4-6-12(7-11)17-3/h4-7,9-10H,8H2,1-3H3. The number of nitrogens with zero attached hydrogens (tertiary/aromatic N) is 3. The van der Waals surface area contributed by atoms with Crippen molar-refractivity contribution < 1.29 is 4.74 Å². The monoisotopic (exact) mass is 231 g/mol. The van der Waals surface area contributed by atoms with Crippen LogP contribution in [0, 0.1) is 5.92 Å². The summed E-state index contributed by atoms with van der Waals surface area (Å²) in [6, 6.07) is 7.84. The first kappa shape index (κ1) is 11.6. The Morgan fingerprint density at radius 2 is 2.18 bits per heavy atom. The second-order valence-electron chi connectivity index (χ2n) is 4.45. The molecule has 4 heteroatoms. The SMILES string of the molecule is COc1cccc(-c2cn(CC(C)C)nn2)c1. The molecule has 0 radical (unpaired) electrons. The molecule has 1 heterocycles. The van der Waals surface area contributed by atoms with Gasteiger partial charge in [0.25, 0.3) is 0 Å². The fraction of sp³-hybridized carbons (Fsp3) is 0.385. The zero-order valence-corrected chi connectivity index (χ0v) is 10.4. The van der Waals surface area contributed by atoms with Crippen molar-refractivity contribution in [2.75, 3.05) is 7.11 Å². The number of hydrogen-bond acceptors (Lipinski definition) is 3. The third kappa shape index (κ3) is 2.84.